The average molecular weight is 423 g/mol. The van der Waals surface area contributed by atoms with Crippen LogP contribution in [0.3, 0.4) is 0 Å². The molecule has 3 heterocycles. The van der Waals surface area contributed by atoms with Gasteiger partial charge in [-0.05, 0) is 50.4 Å². The summed E-state index contributed by atoms with van der Waals surface area (Å²) in [6.45, 7) is 9.98. The van der Waals surface area contributed by atoms with Gasteiger partial charge >= 0.3 is 0 Å². The highest BCUT2D eigenvalue weighted by atomic mass is 32.1. The van der Waals surface area contributed by atoms with Crippen molar-refractivity contribution in [1.29, 1.82) is 0 Å². The molecule has 0 fully saturated rings. The van der Waals surface area contributed by atoms with Crippen LogP contribution in [-0.2, 0) is 19.5 Å². The molecule has 0 N–H and O–H groups in total. The van der Waals surface area contributed by atoms with Gasteiger partial charge in [0.2, 0.25) is 0 Å². The van der Waals surface area contributed by atoms with Gasteiger partial charge in [0.15, 0.2) is 0 Å². The summed E-state index contributed by atoms with van der Waals surface area (Å²) in [5, 5.41) is 7.00. The van der Waals surface area contributed by atoms with E-state index in [-0.39, 0.29) is 11.9 Å². The molecule has 4 rings (SSSR count). The Balaban J connectivity index is 1.71. The van der Waals surface area contributed by atoms with Gasteiger partial charge in [0, 0.05) is 31.1 Å². The van der Waals surface area contributed by atoms with Crippen LogP contribution in [0.2, 0.25) is 0 Å². The third-order valence-corrected chi connectivity index (χ3v) is 6.55. The van der Waals surface area contributed by atoms with E-state index in [0.717, 1.165) is 48.7 Å². The van der Waals surface area contributed by atoms with Crippen LogP contribution in [0.1, 0.15) is 53.8 Å². The maximum absolute atomic E-state index is 13.2. The van der Waals surface area contributed by atoms with Gasteiger partial charge in [0.05, 0.1) is 28.5 Å². The van der Waals surface area contributed by atoms with E-state index in [9.17, 15) is 4.79 Å². The van der Waals surface area contributed by atoms with Crippen molar-refractivity contribution in [3.8, 4) is 5.69 Å². The van der Waals surface area contributed by atoms with E-state index < -0.39 is 0 Å². The number of carbonyl (C=O) groups excluding carboxylic acids is 1. The number of hydrogen-bond donors (Lipinski definition) is 0. The number of benzene rings is 1. The van der Waals surface area contributed by atoms with E-state index in [1.807, 2.05) is 28.5 Å². The minimum atomic E-state index is 0.0873. The van der Waals surface area contributed by atoms with Crippen LogP contribution in [0.15, 0.2) is 47.8 Å². The fourth-order valence-corrected chi connectivity index (χ4v) is 4.83. The molecule has 2 aromatic heterocycles. The van der Waals surface area contributed by atoms with E-state index in [2.05, 4.69) is 54.6 Å². The number of fused-ring (bicyclic) bond motifs is 1. The molecule has 1 amide bonds. The fraction of sp³-hybridized carbons (Fsp3) is 0.417. The minimum Gasteiger partial charge on any atom is -0.330 e. The molecule has 0 aliphatic carbocycles. The summed E-state index contributed by atoms with van der Waals surface area (Å²) in [4.78, 5) is 18.4. The Morgan fingerprint density at radius 1 is 1.20 bits per heavy atom. The number of aromatic nitrogens is 2. The third-order valence-electron chi connectivity index (χ3n) is 5.70. The van der Waals surface area contributed by atoms with Crippen LogP contribution in [0.4, 0.5) is 0 Å². The van der Waals surface area contributed by atoms with E-state index in [1.54, 1.807) is 0 Å². The molecule has 0 spiro atoms. The first-order valence-corrected chi connectivity index (χ1v) is 11.7. The quantitative estimate of drug-likeness (QED) is 0.552. The summed E-state index contributed by atoms with van der Waals surface area (Å²) in [5.41, 5.74) is 4.69. The van der Waals surface area contributed by atoms with E-state index in [1.165, 1.54) is 22.6 Å². The highest BCUT2D eigenvalue weighted by Crippen LogP contribution is 2.27. The largest absolute Gasteiger partial charge is 0.330 e. The molecular weight excluding hydrogens is 392 g/mol. The van der Waals surface area contributed by atoms with Gasteiger partial charge in [-0.1, -0.05) is 31.2 Å². The maximum Gasteiger partial charge on any atom is 0.264 e. The molecule has 0 saturated heterocycles. The first kappa shape index (κ1) is 20.8. The van der Waals surface area contributed by atoms with Crippen molar-refractivity contribution in [1.82, 2.24) is 19.6 Å². The van der Waals surface area contributed by atoms with Crippen molar-refractivity contribution in [2.24, 2.45) is 0 Å². The number of rotatable bonds is 7. The number of para-hydroxylation sites is 1. The highest BCUT2D eigenvalue weighted by Gasteiger charge is 2.28. The number of carbonyl (C=O) groups is 1. The SMILES string of the molecule is CCCN1CCc2c(c(CN(C(=O)c3cccs3)C(C)C)nn2-c2ccccc2)C1. The number of thiophene rings is 1. The zero-order valence-corrected chi connectivity index (χ0v) is 18.9. The molecular formula is C24H30N4OS. The van der Waals surface area contributed by atoms with Gasteiger partial charge in [0.25, 0.3) is 5.91 Å². The molecule has 1 aromatic carbocycles. The van der Waals surface area contributed by atoms with Crippen LogP contribution >= 0.6 is 11.3 Å². The van der Waals surface area contributed by atoms with Gasteiger partial charge < -0.3 is 4.90 Å². The first-order valence-electron chi connectivity index (χ1n) is 10.8. The predicted octanol–water partition coefficient (Wildman–Crippen LogP) is 4.75. The van der Waals surface area contributed by atoms with Gasteiger partial charge in [-0.25, -0.2) is 4.68 Å². The van der Waals surface area contributed by atoms with Crippen LogP contribution in [0, 0.1) is 0 Å². The molecule has 0 unspecified atom stereocenters. The monoisotopic (exact) mass is 422 g/mol. The van der Waals surface area contributed by atoms with Gasteiger partial charge in [0.1, 0.15) is 0 Å². The zero-order valence-electron chi connectivity index (χ0n) is 18.0. The molecule has 0 radical (unpaired) electrons. The van der Waals surface area contributed by atoms with Crippen molar-refractivity contribution >= 4 is 17.2 Å². The average Bonchev–Trinajstić information content (AvgIpc) is 3.41. The number of hydrogen-bond acceptors (Lipinski definition) is 4. The summed E-state index contributed by atoms with van der Waals surface area (Å²) in [7, 11) is 0. The Morgan fingerprint density at radius 2 is 2.00 bits per heavy atom. The van der Waals surface area contributed by atoms with Crippen LogP contribution < -0.4 is 0 Å². The third kappa shape index (κ3) is 4.20. The Morgan fingerprint density at radius 3 is 2.67 bits per heavy atom. The Labute approximate surface area is 182 Å². The summed E-state index contributed by atoms with van der Waals surface area (Å²) < 4.78 is 2.10. The van der Waals surface area contributed by atoms with Gasteiger partial charge in [-0.3, -0.25) is 9.69 Å². The number of amides is 1. The summed E-state index contributed by atoms with van der Waals surface area (Å²) >= 11 is 1.50. The maximum atomic E-state index is 13.2. The lowest BCUT2D eigenvalue weighted by Gasteiger charge is -2.29. The highest BCUT2D eigenvalue weighted by molar-refractivity contribution is 7.12. The molecule has 1 aliphatic rings. The summed E-state index contributed by atoms with van der Waals surface area (Å²) in [5.74, 6) is 0.0873. The van der Waals surface area contributed by atoms with E-state index in [4.69, 9.17) is 5.10 Å². The molecule has 3 aromatic rings. The predicted molar refractivity (Wildman–Crippen MR) is 122 cm³/mol. The smallest absolute Gasteiger partial charge is 0.264 e. The summed E-state index contributed by atoms with van der Waals surface area (Å²) in [6, 6.07) is 14.3. The molecule has 6 heteroatoms. The lowest BCUT2D eigenvalue weighted by atomic mass is 10.0. The van der Waals surface area contributed by atoms with Crippen molar-refractivity contribution in [2.75, 3.05) is 13.1 Å². The van der Waals surface area contributed by atoms with E-state index >= 15 is 0 Å². The standard InChI is InChI=1S/C24H30N4OS/c1-4-13-26-14-12-22-20(16-26)21(25-28(22)19-9-6-5-7-10-19)17-27(18(2)3)24(29)23-11-8-15-30-23/h5-11,15,18H,4,12-14,16-17H2,1-3H3. The second kappa shape index (κ2) is 9.14. The van der Waals surface area contributed by atoms with Crippen LogP contribution in [0.5, 0.6) is 0 Å². The molecule has 1 aliphatic heterocycles. The molecule has 0 saturated carbocycles. The number of nitrogens with zero attached hydrogens (tertiary/aromatic N) is 4. The van der Waals surface area contributed by atoms with Gasteiger partial charge in [-0.15, -0.1) is 11.3 Å². The minimum absolute atomic E-state index is 0.0873. The first-order chi connectivity index (χ1) is 14.6. The van der Waals surface area contributed by atoms with Crippen molar-refractivity contribution in [3.63, 3.8) is 0 Å². The molecule has 30 heavy (non-hydrogen) atoms. The van der Waals surface area contributed by atoms with E-state index in [0.29, 0.717) is 6.54 Å². The van der Waals surface area contributed by atoms with Crippen LogP contribution in [0.25, 0.3) is 5.69 Å². The van der Waals surface area contributed by atoms with Crippen molar-refractivity contribution < 1.29 is 4.79 Å². The van der Waals surface area contributed by atoms with Gasteiger partial charge in [-0.2, -0.15) is 5.10 Å². The lowest BCUT2D eigenvalue weighted by molar-refractivity contribution is 0.0691. The molecule has 5 nitrogen and oxygen atoms in total. The summed E-state index contributed by atoms with van der Waals surface area (Å²) in [6.07, 6.45) is 2.13. The van der Waals surface area contributed by atoms with Crippen molar-refractivity contribution in [3.05, 3.63) is 69.7 Å². The molecule has 0 atom stereocenters. The van der Waals surface area contributed by atoms with Crippen LogP contribution in [-0.4, -0.2) is 44.6 Å². The molecule has 158 valence electrons. The topological polar surface area (TPSA) is 41.4 Å². The second-order valence-electron chi connectivity index (χ2n) is 8.15. The lowest BCUT2D eigenvalue weighted by Crippen LogP contribution is -2.37. The second-order valence-corrected chi connectivity index (χ2v) is 9.10. The normalized spacial score (nSPS) is 14.1. The Bertz CT molecular complexity index is 978. The zero-order chi connectivity index (χ0) is 21.1. The van der Waals surface area contributed by atoms with Crippen molar-refractivity contribution in [2.45, 2.75) is 52.7 Å². The Kier molecular flexibility index (Phi) is 6.35. The Hall–Kier alpha value is -2.44. The molecule has 0 bridgehead atoms. The fourth-order valence-electron chi connectivity index (χ4n) is 4.15.